The van der Waals surface area contributed by atoms with E-state index in [4.69, 9.17) is 42.4 Å². The van der Waals surface area contributed by atoms with E-state index in [1.54, 1.807) is 36.7 Å². The van der Waals surface area contributed by atoms with Gasteiger partial charge in [0.25, 0.3) is 0 Å². The lowest BCUT2D eigenvalue weighted by atomic mass is 9.99. The van der Waals surface area contributed by atoms with Gasteiger partial charge in [-0.2, -0.15) is 0 Å². The second-order valence-corrected chi connectivity index (χ2v) is 19.0. The van der Waals surface area contributed by atoms with Crippen molar-refractivity contribution in [1.29, 1.82) is 0 Å². The van der Waals surface area contributed by atoms with Gasteiger partial charge in [-0.05, 0) is 108 Å². The van der Waals surface area contributed by atoms with Crippen LogP contribution < -0.4 is 20.1 Å². The van der Waals surface area contributed by atoms with E-state index in [1.807, 2.05) is 48.5 Å². The van der Waals surface area contributed by atoms with E-state index in [9.17, 15) is 28.0 Å². The van der Waals surface area contributed by atoms with Crippen molar-refractivity contribution >= 4 is 69.0 Å². The lowest BCUT2D eigenvalue weighted by molar-refractivity contribution is -1.02. The van der Waals surface area contributed by atoms with Crippen LogP contribution in [0.25, 0.3) is 21.8 Å². The van der Waals surface area contributed by atoms with E-state index in [1.165, 1.54) is 12.1 Å². The number of nitrogens with one attached hydrogen (secondary N) is 4. The topological polar surface area (TPSA) is 167 Å². The van der Waals surface area contributed by atoms with Crippen molar-refractivity contribution in [3.63, 3.8) is 0 Å². The maximum absolute atomic E-state index is 14.5. The number of H-pyrrole nitrogens is 2. The number of fused-ring (bicyclic) bond motifs is 2. The Balaban J connectivity index is 0.833. The zero-order chi connectivity index (χ0) is 48.6. The smallest absolute Gasteiger partial charge is 0.481 e. The molecule has 6 heterocycles. The van der Waals surface area contributed by atoms with Gasteiger partial charge in [0.1, 0.15) is 61.5 Å². The van der Waals surface area contributed by atoms with Crippen LogP contribution in [-0.2, 0) is 19.3 Å². The molecule has 70 heavy (non-hydrogen) atoms. The van der Waals surface area contributed by atoms with Crippen molar-refractivity contribution in [2.75, 3.05) is 65.4 Å². The summed E-state index contributed by atoms with van der Waals surface area (Å²) in [6.45, 7) is 2.12. The summed E-state index contributed by atoms with van der Waals surface area (Å²) >= 11 is 12.6. The summed E-state index contributed by atoms with van der Waals surface area (Å²) in [5.74, 6) is -2.76. The van der Waals surface area contributed by atoms with Crippen molar-refractivity contribution in [1.82, 2.24) is 30.4 Å². The minimum atomic E-state index is -1.42. The fourth-order valence-corrected chi connectivity index (χ4v) is 10.8. The fraction of sp³-hybridized carbons (Fsp3) is 0.360. The van der Waals surface area contributed by atoms with Gasteiger partial charge in [0, 0.05) is 34.2 Å². The van der Waals surface area contributed by atoms with Crippen molar-refractivity contribution in [3.8, 4) is 11.5 Å². The number of aromatic amines is 2. The molecule has 4 aromatic carbocycles. The quantitative estimate of drug-likeness (QED) is 0.0550. The molecular weight excluding hydrogens is 949 g/mol. The number of amides is 4. The molecule has 4 saturated heterocycles. The van der Waals surface area contributed by atoms with Crippen LogP contribution in [0.15, 0.2) is 97.3 Å². The summed E-state index contributed by atoms with van der Waals surface area (Å²) in [6, 6.07) is 22.7. The fourth-order valence-electron chi connectivity index (χ4n) is 10.5. The SMILES string of the molecule is O=C(O[N@@+]1(CCN2CCCC2C(Oc2c[nH]c3ccccc23)c2ccc(F)c(Cl)c2)CCNC1=O)C(=O)O[N@@+]1(CCN2CCCC2C(Oc2c[nH]c3ccccc23)c2ccc(F)c(Cl)c2)CCNC1=O. The van der Waals surface area contributed by atoms with E-state index < -0.39 is 57.1 Å². The Hall–Kier alpha value is -6.28. The zero-order valence-electron chi connectivity index (χ0n) is 38.0. The van der Waals surface area contributed by atoms with Gasteiger partial charge in [-0.25, -0.2) is 28.0 Å². The lowest BCUT2D eigenvalue weighted by Crippen LogP contribution is -2.59. The summed E-state index contributed by atoms with van der Waals surface area (Å²) in [5.41, 5.74) is 3.08. The van der Waals surface area contributed by atoms with Crippen LogP contribution in [0.5, 0.6) is 11.5 Å². The number of nitrogens with zero attached hydrogens (tertiary/aromatic N) is 4. The van der Waals surface area contributed by atoms with Crippen molar-refractivity contribution < 1.29 is 56.4 Å². The molecule has 4 fully saturated rings. The number of hydroxylamine groups is 6. The van der Waals surface area contributed by atoms with Gasteiger partial charge in [-0.3, -0.25) is 30.1 Å². The minimum absolute atomic E-state index is 0.0246. The normalized spacial score (nSPS) is 23.7. The summed E-state index contributed by atoms with van der Waals surface area (Å²) in [4.78, 5) is 77.3. The Bertz CT molecular complexity index is 2760. The first-order valence-corrected chi connectivity index (χ1v) is 24.3. The van der Waals surface area contributed by atoms with Crippen molar-refractivity contribution in [2.24, 2.45) is 0 Å². The number of carbonyl (C=O) groups excluding carboxylic acids is 4. The number of para-hydroxylation sites is 2. The molecule has 4 aliphatic heterocycles. The third kappa shape index (κ3) is 9.38. The van der Waals surface area contributed by atoms with Crippen LogP contribution in [0, 0.1) is 11.6 Å². The monoisotopic (exact) mass is 1000 g/mol. The van der Waals surface area contributed by atoms with Crippen molar-refractivity contribution in [3.05, 3.63) is 130 Å². The van der Waals surface area contributed by atoms with Gasteiger partial charge in [0.05, 0.1) is 48.3 Å². The standard InChI is InChI=1S/C50H50Cl2F2N8O8/c51-35-27-31(13-15-37(35)53)45(67-43-29-57-39-9-3-1-7-33(39)43)41-11-5-19-59(41)21-25-61(23-17-55-49(61)65)69-47(63)48(64)70-62(24-18-56-50(62)66)26-22-60-20-6-12-42(60)46(32-14-16-38(54)36(52)28-32)68-44-30-58-40-10-4-2-8-34(40)44/h1-4,7-10,13-16,27-30,41-42,45-46,57-58H,5-6,11-12,17-26H2/p+2/t41?,42?,45?,46?,61-,62-/m1/s1. The number of aromatic nitrogens is 2. The molecule has 366 valence electrons. The van der Waals surface area contributed by atoms with Gasteiger partial charge < -0.3 is 19.4 Å². The number of halogens is 4. The Labute approximate surface area is 411 Å². The Morgan fingerprint density at radius 2 is 1.07 bits per heavy atom. The number of quaternary nitrogens is 2. The molecule has 6 aromatic rings. The molecule has 4 amide bonds. The average Bonchev–Trinajstić information content (AvgIpc) is 4.24. The van der Waals surface area contributed by atoms with Gasteiger partial charge in [-0.15, -0.1) is 0 Å². The first kappa shape index (κ1) is 47.4. The molecule has 6 atom stereocenters. The molecule has 10 rings (SSSR count). The molecular formula is C50H52Cl2F2N8O8+2. The molecule has 4 N–H and O–H groups in total. The molecule has 0 bridgehead atoms. The van der Waals surface area contributed by atoms with E-state index in [-0.39, 0.29) is 74.5 Å². The third-order valence-corrected chi connectivity index (χ3v) is 14.7. The van der Waals surface area contributed by atoms with Crippen molar-refractivity contribution in [2.45, 2.75) is 50.0 Å². The summed E-state index contributed by atoms with van der Waals surface area (Å²) in [7, 11) is 0. The highest BCUT2D eigenvalue weighted by atomic mass is 35.5. The van der Waals surface area contributed by atoms with Crippen LogP contribution >= 0.6 is 23.2 Å². The summed E-state index contributed by atoms with van der Waals surface area (Å²) in [5, 5.41) is 7.11. The highest BCUT2D eigenvalue weighted by Crippen LogP contribution is 2.40. The van der Waals surface area contributed by atoms with E-state index in [2.05, 4.69) is 30.4 Å². The van der Waals surface area contributed by atoms with Gasteiger partial charge in [-0.1, -0.05) is 59.6 Å². The number of hydrogen-bond acceptors (Lipinski definition) is 10. The van der Waals surface area contributed by atoms with Crippen LogP contribution in [0.3, 0.4) is 0 Å². The number of carbonyl (C=O) groups is 4. The molecule has 20 heteroatoms. The first-order valence-electron chi connectivity index (χ1n) is 23.5. The maximum atomic E-state index is 14.5. The number of hydrogen-bond donors (Lipinski definition) is 4. The highest BCUT2D eigenvalue weighted by Gasteiger charge is 2.53. The first-order chi connectivity index (χ1) is 33.9. The van der Waals surface area contributed by atoms with Crippen LogP contribution in [0.1, 0.15) is 49.0 Å². The number of likely N-dealkylation sites (tertiary alicyclic amines) is 2. The summed E-state index contributed by atoms with van der Waals surface area (Å²) in [6.07, 6.45) is 5.29. The van der Waals surface area contributed by atoms with Gasteiger partial charge in [0.2, 0.25) is 0 Å². The van der Waals surface area contributed by atoms with E-state index in [0.717, 1.165) is 34.6 Å². The number of benzene rings is 4. The zero-order valence-corrected chi connectivity index (χ0v) is 39.5. The van der Waals surface area contributed by atoms with Crippen LogP contribution in [0.2, 0.25) is 10.0 Å². The number of rotatable bonds is 16. The Kier molecular flexibility index (Phi) is 13.4. The molecule has 2 aromatic heterocycles. The lowest BCUT2D eigenvalue weighted by Gasteiger charge is -2.34. The molecule has 0 spiro atoms. The summed E-state index contributed by atoms with van der Waals surface area (Å²) < 4.78 is 40.7. The minimum Gasteiger partial charge on any atom is -0.482 e. The van der Waals surface area contributed by atoms with Gasteiger partial charge >= 0.3 is 24.0 Å². The van der Waals surface area contributed by atoms with Gasteiger partial charge in [0.15, 0.2) is 0 Å². The molecule has 16 nitrogen and oxygen atoms in total. The Morgan fingerprint density at radius 3 is 1.47 bits per heavy atom. The third-order valence-electron chi connectivity index (χ3n) is 14.1. The molecule has 4 aliphatic rings. The van der Waals surface area contributed by atoms with E-state index >= 15 is 0 Å². The predicted molar refractivity (Wildman–Crippen MR) is 254 cm³/mol. The molecule has 0 saturated carbocycles. The second-order valence-electron chi connectivity index (χ2n) is 18.2. The van der Waals surface area contributed by atoms with Crippen LogP contribution in [-0.4, -0.2) is 131 Å². The van der Waals surface area contributed by atoms with Crippen LogP contribution in [0.4, 0.5) is 18.4 Å². The second kappa shape index (κ2) is 19.8. The predicted octanol–water partition coefficient (Wildman–Crippen LogP) is 8.10. The number of ether oxygens (including phenoxy) is 2. The number of urea groups is 2. The highest BCUT2D eigenvalue weighted by molar-refractivity contribution is 6.31. The Morgan fingerprint density at radius 1 is 0.643 bits per heavy atom. The largest absolute Gasteiger partial charge is 0.482 e. The molecule has 4 unspecified atom stereocenters. The molecule has 0 aliphatic carbocycles. The average molecular weight is 1000 g/mol. The van der Waals surface area contributed by atoms with E-state index in [0.29, 0.717) is 48.6 Å². The molecule has 0 radical (unpaired) electrons. The maximum Gasteiger partial charge on any atom is 0.481 e.